The van der Waals surface area contributed by atoms with E-state index >= 15 is 0 Å². The molecule has 0 aromatic heterocycles. The summed E-state index contributed by atoms with van der Waals surface area (Å²) in [5.41, 5.74) is 0.305. The van der Waals surface area contributed by atoms with Crippen molar-refractivity contribution in [1.82, 2.24) is 10.2 Å². The summed E-state index contributed by atoms with van der Waals surface area (Å²) in [6, 6.07) is 0.0138. The van der Waals surface area contributed by atoms with Gasteiger partial charge in [-0.1, -0.05) is 33.1 Å². The fourth-order valence-electron chi connectivity index (χ4n) is 4.45. The van der Waals surface area contributed by atoms with Gasteiger partial charge in [0.2, 0.25) is 11.8 Å². The van der Waals surface area contributed by atoms with Crippen LogP contribution in [0.15, 0.2) is 0 Å². The average molecular weight is 292 g/mol. The van der Waals surface area contributed by atoms with Crippen LogP contribution in [0.25, 0.3) is 0 Å². The second kappa shape index (κ2) is 5.62. The van der Waals surface area contributed by atoms with E-state index in [9.17, 15) is 9.59 Å². The van der Waals surface area contributed by atoms with Crippen LogP contribution in [0.2, 0.25) is 0 Å². The minimum absolute atomic E-state index is 0.0369. The van der Waals surface area contributed by atoms with E-state index < -0.39 is 0 Å². The van der Waals surface area contributed by atoms with Gasteiger partial charge in [0, 0.05) is 6.04 Å². The summed E-state index contributed by atoms with van der Waals surface area (Å²) in [5, 5.41) is 2.98. The molecule has 2 saturated carbocycles. The predicted molar refractivity (Wildman–Crippen MR) is 81.6 cm³/mol. The molecule has 4 nitrogen and oxygen atoms in total. The zero-order valence-electron chi connectivity index (χ0n) is 13.4. The Bertz CT molecular complexity index is 427. The lowest BCUT2D eigenvalue weighted by Gasteiger charge is -2.40. The summed E-state index contributed by atoms with van der Waals surface area (Å²) >= 11 is 0. The molecule has 1 N–H and O–H groups in total. The maximum absolute atomic E-state index is 12.9. The Labute approximate surface area is 127 Å². The third-order valence-corrected chi connectivity index (χ3v) is 5.68. The molecule has 2 unspecified atom stereocenters. The Morgan fingerprint density at radius 3 is 2.43 bits per heavy atom. The molecule has 2 amide bonds. The molecule has 0 radical (unpaired) electrons. The Kier molecular flexibility index (Phi) is 3.98. The lowest BCUT2D eigenvalue weighted by Crippen LogP contribution is -2.62. The summed E-state index contributed by atoms with van der Waals surface area (Å²) in [6.07, 6.45) is 9.05. The van der Waals surface area contributed by atoms with Crippen LogP contribution in [-0.2, 0) is 9.59 Å². The van der Waals surface area contributed by atoms with Crippen LogP contribution in [-0.4, -0.2) is 35.3 Å². The first-order valence-electron chi connectivity index (χ1n) is 8.56. The lowest BCUT2D eigenvalue weighted by atomic mass is 9.82. The van der Waals surface area contributed by atoms with Crippen molar-refractivity contribution in [2.24, 2.45) is 11.3 Å². The van der Waals surface area contributed by atoms with E-state index in [2.05, 4.69) is 19.2 Å². The summed E-state index contributed by atoms with van der Waals surface area (Å²) in [4.78, 5) is 26.9. The molecule has 4 heteroatoms. The number of hydrogen-bond acceptors (Lipinski definition) is 2. The van der Waals surface area contributed by atoms with Gasteiger partial charge in [-0.05, 0) is 43.4 Å². The first-order chi connectivity index (χ1) is 9.96. The van der Waals surface area contributed by atoms with E-state index in [4.69, 9.17) is 0 Å². The van der Waals surface area contributed by atoms with Crippen molar-refractivity contribution in [2.45, 2.75) is 77.3 Å². The molecule has 118 valence electrons. The summed E-state index contributed by atoms with van der Waals surface area (Å²) < 4.78 is 0. The molecule has 21 heavy (non-hydrogen) atoms. The van der Waals surface area contributed by atoms with Crippen molar-refractivity contribution < 1.29 is 9.59 Å². The minimum atomic E-state index is -0.254. The molecule has 0 spiro atoms. The van der Waals surface area contributed by atoms with Crippen LogP contribution in [0.4, 0.5) is 0 Å². The first-order valence-corrected chi connectivity index (χ1v) is 8.56. The second-order valence-electron chi connectivity index (χ2n) is 7.97. The van der Waals surface area contributed by atoms with E-state index in [1.54, 1.807) is 0 Å². The molecule has 1 aliphatic heterocycles. The number of nitrogens with one attached hydrogen (secondary N) is 1. The second-order valence-corrected chi connectivity index (χ2v) is 7.97. The molecule has 2 aliphatic carbocycles. The third kappa shape index (κ3) is 3.09. The highest BCUT2D eigenvalue weighted by Gasteiger charge is 2.43. The Hall–Kier alpha value is -1.06. The summed E-state index contributed by atoms with van der Waals surface area (Å²) in [5.74, 6) is 0.575. The van der Waals surface area contributed by atoms with Crippen molar-refractivity contribution in [3.8, 4) is 0 Å². The van der Waals surface area contributed by atoms with Gasteiger partial charge in [0.1, 0.15) is 6.04 Å². The fourth-order valence-corrected chi connectivity index (χ4v) is 4.45. The Balaban J connectivity index is 1.72. The highest BCUT2D eigenvalue weighted by atomic mass is 16.2. The fraction of sp³-hybridized carbons (Fsp3) is 0.882. The number of nitrogens with zero attached hydrogens (tertiary/aromatic N) is 1. The quantitative estimate of drug-likeness (QED) is 0.850. The molecule has 1 saturated heterocycles. The Morgan fingerprint density at radius 1 is 1.10 bits per heavy atom. The normalized spacial score (nSPS) is 34.1. The number of amides is 2. The van der Waals surface area contributed by atoms with Crippen LogP contribution in [0.1, 0.15) is 65.2 Å². The molecule has 3 rings (SSSR count). The van der Waals surface area contributed by atoms with Gasteiger partial charge in [-0.3, -0.25) is 9.59 Å². The van der Waals surface area contributed by atoms with Crippen molar-refractivity contribution in [3.63, 3.8) is 0 Å². The van der Waals surface area contributed by atoms with Crippen LogP contribution in [0.3, 0.4) is 0 Å². The third-order valence-electron chi connectivity index (χ3n) is 5.68. The molecular formula is C17H28N2O2. The van der Waals surface area contributed by atoms with Gasteiger partial charge in [0.05, 0.1) is 6.54 Å². The highest BCUT2D eigenvalue weighted by Crippen LogP contribution is 2.40. The van der Waals surface area contributed by atoms with Gasteiger partial charge >= 0.3 is 0 Å². The van der Waals surface area contributed by atoms with Gasteiger partial charge in [-0.2, -0.15) is 0 Å². The van der Waals surface area contributed by atoms with Gasteiger partial charge in [0.15, 0.2) is 0 Å². The zero-order valence-corrected chi connectivity index (χ0v) is 13.4. The Morgan fingerprint density at radius 2 is 1.81 bits per heavy atom. The maximum atomic E-state index is 12.9. The van der Waals surface area contributed by atoms with Crippen molar-refractivity contribution >= 4 is 11.8 Å². The average Bonchev–Trinajstić information content (AvgIpc) is 2.82. The maximum Gasteiger partial charge on any atom is 0.246 e. The van der Waals surface area contributed by atoms with E-state index in [0.29, 0.717) is 11.3 Å². The predicted octanol–water partition coefficient (Wildman–Crippen LogP) is 2.47. The molecule has 2 atom stereocenters. The van der Waals surface area contributed by atoms with Gasteiger partial charge in [0.25, 0.3) is 0 Å². The van der Waals surface area contributed by atoms with Crippen LogP contribution >= 0.6 is 0 Å². The van der Waals surface area contributed by atoms with E-state index in [1.807, 2.05) is 4.90 Å². The van der Waals surface area contributed by atoms with E-state index in [0.717, 1.165) is 32.1 Å². The highest BCUT2D eigenvalue weighted by molar-refractivity contribution is 5.95. The number of carbonyl (C=O) groups is 2. The van der Waals surface area contributed by atoms with Crippen LogP contribution in [0.5, 0.6) is 0 Å². The molecule has 3 aliphatic rings. The van der Waals surface area contributed by atoms with Gasteiger partial charge in [-0.15, -0.1) is 0 Å². The number of hydrogen-bond donors (Lipinski definition) is 1. The largest absolute Gasteiger partial charge is 0.342 e. The summed E-state index contributed by atoms with van der Waals surface area (Å²) in [7, 11) is 0. The monoisotopic (exact) mass is 292 g/mol. The first kappa shape index (κ1) is 14.9. The minimum Gasteiger partial charge on any atom is -0.342 e. The van der Waals surface area contributed by atoms with Crippen LogP contribution in [0, 0.1) is 11.3 Å². The molecule has 1 heterocycles. The van der Waals surface area contributed by atoms with Gasteiger partial charge in [-0.25, -0.2) is 0 Å². The number of piperazine rings is 1. The lowest BCUT2D eigenvalue weighted by molar-refractivity contribution is -0.148. The topological polar surface area (TPSA) is 49.4 Å². The van der Waals surface area contributed by atoms with Crippen LogP contribution < -0.4 is 5.32 Å². The molecule has 0 aromatic carbocycles. The molecule has 0 aromatic rings. The smallest absolute Gasteiger partial charge is 0.246 e. The SMILES string of the molecule is CC1(C)CCC(N2CC(=O)NC(C3CCCCC3)C2=O)C1. The summed E-state index contributed by atoms with van der Waals surface area (Å²) in [6.45, 7) is 4.79. The van der Waals surface area contributed by atoms with E-state index in [-0.39, 0.29) is 30.4 Å². The van der Waals surface area contributed by atoms with Crippen molar-refractivity contribution in [1.29, 1.82) is 0 Å². The molecule has 3 fully saturated rings. The van der Waals surface area contributed by atoms with Gasteiger partial charge < -0.3 is 10.2 Å². The number of carbonyl (C=O) groups excluding carboxylic acids is 2. The molecular weight excluding hydrogens is 264 g/mol. The standard InChI is InChI=1S/C17H28N2O2/c1-17(2)9-8-13(10-17)19-11-14(20)18-15(16(19)21)12-6-4-3-5-7-12/h12-13,15H,3-11H2,1-2H3,(H,18,20). The van der Waals surface area contributed by atoms with E-state index in [1.165, 1.54) is 19.3 Å². The van der Waals surface area contributed by atoms with Crippen molar-refractivity contribution in [3.05, 3.63) is 0 Å². The zero-order chi connectivity index (χ0) is 15.0. The number of rotatable bonds is 2. The molecule has 0 bridgehead atoms. The van der Waals surface area contributed by atoms with Crippen molar-refractivity contribution in [2.75, 3.05) is 6.54 Å².